The molecule has 0 saturated carbocycles. The van der Waals surface area contributed by atoms with Crippen LogP contribution >= 0.6 is 0 Å². The molecule has 0 radical (unpaired) electrons. The van der Waals surface area contributed by atoms with E-state index in [-0.39, 0.29) is 34.5 Å². The van der Waals surface area contributed by atoms with Gasteiger partial charge in [-0.1, -0.05) is 5.76 Å². The molecule has 0 aromatic rings. The summed E-state index contributed by atoms with van der Waals surface area (Å²) in [7, 11) is -3.71. The summed E-state index contributed by atoms with van der Waals surface area (Å²) in [5, 5.41) is 11.1. The van der Waals surface area contributed by atoms with Crippen LogP contribution in [0.1, 0.15) is 20.8 Å². The van der Waals surface area contributed by atoms with E-state index in [4.69, 9.17) is 0 Å². The number of hydrogen-bond donors (Lipinski definition) is 0. The van der Waals surface area contributed by atoms with Gasteiger partial charge in [0.1, 0.15) is 0 Å². The Hall–Kier alpha value is 0.450. The van der Waals surface area contributed by atoms with Crippen LogP contribution in [0.2, 0.25) is 0 Å². The maximum Gasteiger partial charge on any atom is 1.00 e. The standard InChI is InChI=1S/C6H10O4S.Na/c1-4-5(7)6(2,3)10-11(4,8)9;/h7H,1-3H3;/q;+1/p-1. The van der Waals surface area contributed by atoms with Crippen LogP contribution in [0, 0.1) is 0 Å². The zero-order chi connectivity index (χ0) is 8.86. The molecule has 0 bridgehead atoms. The monoisotopic (exact) mass is 200 g/mol. The Morgan fingerprint density at radius 2 is 1.83 bits per heavy atom. The van der Waals surface area contributed by atoms with Gasteiger partial charge >= 0.3 is 29.6 Å². The molecule has 1 aliphatic heterocycles. The molecular weight excluding hydrogens is 191 g/mol. The maximum atomic E-state index is 11.1. The fraction of sp³-hybridized carbons (Fsp3) is 0.667. The molecule has 64 valence electrons. The van der Waals surface area contributed by atoms with E-state index >= 15 is 0 Å². The third-order valence-electron chi connectivity index (χ3n) is 1.56. The van der Waals surface area contributed by atoms with E-state index in [1.54, 1.807) is 0 Å². The average Bonchev–Trinajstić information content (AvgIpc) is 1.91. The molecule has 0 saturated heterocycles. The average molecular weight is 200 g/mol. The summed E-state index contributed by atoms with van der Waals surface area (Å²) in [5.74, 6) is -0.461. The summed E-state index contributed by atoms with van der Waals surface area (Å²) in [6.45, 7) is 4.12. The van der Waals surface area contributed by atoms with Crippen molar-refractivity contribution in [1.82, 2.24) is 0 Å². The van der Waals surface area contributed by atoms with Crippen molar-refractivity contribution in [3.8, 4) is 0 Å². The summed E-state index contributed by atoms with van der Waals surface area (Å²) in [6.07, 6.45) is 0. The summed E-state index contributed by atoms with van der Waals surface area (Å²) in [6, 6.07) is 0. The van der Waals surface area contributed by atoms with Crippen LogP contribution in [0.3, 0.4) is 0 Å². The van der Waals surface area contributed by atoms with Gasteiger partial charge in [-0.3, -0.25) is 4.18 Å². The van der Waals surface area contributed by atoms with Crippen LogP contribution in [0.5, 0.6) is 0 Å². The van der Waals surface area contributed by atoms with E-state index < -0.39 is 21.5 Å². The molecule has 6 heteroatoms. The molecule has 0 spiro atoms. The van der Waals surface area contributed by atoms with Crippen LogP contribution < -0.4 is 34.7 Å². The van der Waals surface area contributed by atoms with Crippen molar-refractivity contribution in [2.75, 3.05) is 0 Å². The Kier molecular flexibility index (Phi) is 3.43. The predicted octanol–water partition coefficient (Wildman–Crippen LogP) is -3.28. The van der Waals surface area contributed by atoms with Gasteiger partial charge in [0.2, 0.25) is 0 Å². The van der Waals surface area contributed by atoms with Gasteiger partial charge in [-0.25, -0.2) is 0 Å². The number of hydrogen-bond acceptors (Lipinski definition) is 4. The van der Waals surface area contributed by atoms with Crippen LogP contribution in [0.15, 0.2) is 10.7 Å². The van der Waals surface area contributed by atoms with Gasteiger partial charge in [0.05, 0.1) is 10.5 Å². The molecule has 1 rings (SSSR count). The summed E-state index contributed by atoms with van der Waals surface area (Å²) >= 11 is 0. The number of rotatable bonds is 0. The second-order valence-corrected chi connectivity index (χ2v) is 4.62. The molecule has 0 unspecified atom stereocenters. The van der Waals surface area contributed by atoms with Crippen molar-refractivity contribution in [3.05, 3.63) is 10.7 Å². The molecule has 0 aliphatic carbocycles. The molecule has 0 fully saturated rings. The molecule has 1 aliphatic rings. The topological polar surface area (TPSA) is 66.4 Å². The van der Waals surface area contributed by atoms with E-state index in [9.17, 15) is 13.5 Å². The van der Waals surface area contributed by atoms with E-state index in [1.165, 1.54) is 20.8 Å². The first-order valence-corrected chi connectivity index (χ1v) is 4.52. The van der Waals surface area contributed by atoms with Crippen molar-refractivity contribution in [2.45, 2.75) is 26.4 Å². The second-order valence-electron chi connectivity index (χ2n) is 2.93. The van der Waals surface area contributed by atoms with Crippen molar-refractivity contribution >= 4 is 10.1 Å². The van der Waals surface area contributed by atoms with Crippen LogP contribution in [-0.2, 0) is 14.3 Å². The molecule has 0 aromatic heterocycles. The van der Waals surface area contributed by atoms with Crippen molar-refractivity contribution in [1.29, 1.82) is 0 Å². The Morgan fingerprint density at radius 3 is 1.92 bits per heavy atom. The van der Waals surface area contributed by atoms with Gasteiger partial charge in [-0.2, -0.15) is 8.42 Å². The Balaban J connectivity index is 0.00000121. The van der Waals surface area contributed by atoms with Crippen LogP contribution in [0.25, 0.3) is 0 Å². The Labute approximate surface area is 94.0 Å². The smallest absolute Gasteiger partial charge is 0.873 e. The van der Waals surface area contributed by atoms with Gasteiger partial charge in [0.15, 0.2) is 0 Å². The Morgan fingerprint density at radius 1 is 1.42 bits per heavy atom. The largest absolute Gasteiger partial charge is 1.00 e. The first kappa shape index (κ1) is 12.4. The van der Waals surface area contributed by atoms with Crippen LogP contribution in [0.4, 0.5) is 0 Å². The fourth-order valence-electron chi connectivity index (χ4n) is 0.912. The first-order valence-electron chi connectivity index (χ1n) is 3.11. The maximum absolute atomic E-state index is 11.1. The number of allylic oxidation sites excluding steroid dienone is 1. The third kappa shape index (κ3) is 1.85. The molecule has 1 heterocycles. The van der Waals surface area contributed by atoms with Crippen molar-refractivity contribution < 1.29 is 47.3 Å². The first-order chi connectivity index (χ1) is 4.77. The van der Waals surface area contributed by atoms with Crippen molar-refractivity contribution in [3.63, 3.8) is 0 Å². The zero-order valence-electron chi connectivity index (χ0n) is 7.54. The third-order valence-corrected chi connectivity index (χ3v) is 3.13. The van der Waals surface area contributed by atoms with E-state index in [0.717, 1.165) is 0 Å². The van der Waals surface area contributed by atoms with Gasteiger partial charge in [0, 0.05) is 0 Å². The summed E-state index contributed by atoms with van der Waals surface area (Å²) < 4.78 is 26.4. The predicted molar refractivity (Wildman–Crippen MR) is 36.8 cm³/mol. The van der Waals surface area contributed by atoms with Gasteiger partial charge in [-0.15, -0.1) is 0 Å². The molecular formula is C6H9NaO4S. The van der Waals surface area contributed by atoms with E-state index in [2.05, 4.69) is 4.18 Å². The van der Waals surface area contributed by atoms with Gasteiger partial charge < -0.3 is 5.11 Å². The Bertz CT molecular complexity index is 314. The van der Waals surface area contributed by atoms with Gasteiger partial charge in [0.25, 0.3) is 10.1 Å². The van der Waals surface area contributed by atoms with Crippen molar-refractivity contribution in [2.24, 2.45) is 0 Å². The summed E-state index contributed by atoms with van der Waals surface area (Å²) in [5.41, 5.74) is -1.21. The van der Waals surface area contributed by atoms with E-state index in [0.29, 0.717) is 0 Å². The fourth-order valence-corrected chi connectivity index (χ4v) is 2.13. The molecule has 12 heavy (non-hydrogen) atoms. The zero-order valence-corrected chi connectivity index (χ0v) is 10.4. The molecule has 0 amide bonds. The quantitative estimate of drug-likeness (QED) is 0.304. The second kappa shape index (κ2) is 3.31. The molecule has 0 N–H and O–H groups in total. The molecule has 0 atom stereocenters. The SMILES string of the molecule is CC1=C([O-])C(C)(C)OS1(=O)=O.[Na+]. The normalized spacial score (nSPS) is 25.2. The minimum Gasteiger partial charge on any atom is -0.873 e. The minimum atomic E-state index is -3.71. The van der Waals surface area contributed by atoms with Crippen LogP contribution in [-0.4, -0.2) is 14.0 Å². The molecule has 0 aromatic carbocycles. The van der Waals surface area contributed by atoms with E-state index in [1.807, 2.05) is 0 Å². The molecule has 4 nitrogen and oxygen atoms in total. The summed E-state index contributed by atoms with van der Waals surface area (Å²) in [4.78, 5) is -0.206. The van der Waals surface area contributed by atoms with Gasteiger partial charge in [-0.05, 0) is 20.8 Å². The minimum absolute atomic E-state index is 0.